The summed E-state index contributed by atoms with van der Waals surface area (Å²) in [5.74, 6) is -0.485. The SMILES string of the molecule is CC[C@H](C)NC(=O)[C@@H](C)N(Cc1ccccc1C)C(=O)CN(c1ccc(C(C)C)cc1)S(=O)(=O)c1ccc(C)cc1. The Balaban J connectivity index is 2.05. The molecule has 0 aromatic heterocycles. The summed E-state index contributed by atoms with van der Waals surface area (Å²) in [4.78, 5) is 28.9. The van der Waals surface area contributed by atoms with Gasteiger partial charge in [0.1, 0.15) is 12.6 Å². The number of rotatable bonds is 12. The van der Waals surface area contributed by atoms with Crippen molar-refractivity contribution in [1.82, 2.24) is 10.2 Å². The van der Waals surface area contributed by atoms with Gasteiger partial charge >= 0.3 is 0 Å². The first-order chi connectivity index (χ1) is 19.3. The Morgan fingerprint density at radius 2 is 1.46 bits per heavy atom. The molecule has 3 aromatic carbocycles. The second-order valence-corrected chi connectivity index (χ2v) is 12.9. The van der Waals surface area contributed by atoms with Gasteiger partial charge in [-0.05, 0) is 81.0 Å². The van der Waals surface area contributed by atoms with Crippen LogP contribution in [0.4, 0.5) is 5.69 Å². The highest BCUT2D eigenvalue weighted by molar-refractivity contribution is 7.92. The summed E-state index contributed by atoms with van der Waals surface area (Å²) in [6.07, 6.45) is 0.749. The number of sulfonamides is 1. The summed E-state index contributed by atoms with van der Waals surface area (Å²) in [6.45, 7) is 13.3. The van der Waals surface area contributed by atoms with Crippen LogP contribution in [0.1, 0.15) is 69.2 Å². The number of nitrogens with one attached hydrogen (secondary N) is 1. The van der Waals surface area contributed by atoms with E-state index in [4.69, 9.17) is 0 Å². The van der Waals surface area contributed by atoms with Crippen LogP contribution in [0.2, 0.25) is 0 Å². The van der Waals surface area contributed by atoms with Gasteiger partial charge in [0.15, 0.2) is 0 Å². The molecule has 0 aliphatic rings. The highest BCUT2D eigenvalue weighted by Gasteiger charge is 2.33. The molecule has 1 N–H and O–H groups in total. The first-order valence-electron chi connectivity index (χ1n) is 14.2. The van der Waals surface area contributed by atoms with Crippen LogP contribution in [0.15, 0.2) is 77.7 Å². The number of aryl methyl sites for hydroxylation is 2. The van der Waals surface area contributed by atoms with Crippen LogP contribution in [-0.2, 0) is 26.2 Å². The summed E-state index contributed by atoms with van der Waals surface area (Å²) in [6, 6.07) is 20.6. The minimum Gasteiger partial charge on any atom is -0.352 e. The number of hydrogen-bond donors (Lipinski definition) is 1. The van der Waals surface area contributed by atoms with Crippen LogP contribution in [0, 0.1) is 13.8 Å². The van der Waals surface area contributed by atoms with Crippen molar-refractivity contribution in [2.45, 2.75) is 84.3 Å². The molecule has 0 unspecified atom stereocenters. The third-order valence-electron chi connectivity index (χ3n) is 7.51. The fourth-order valence-electron chi connectivity index (χ4n) is 4.41. The minimum atomic E-state index is -4.10. The number of carbonyl (C=O) groups excluding carboxylic acids is 2. The molecule has 0 saturated heterocycles. The molecule has 0 radical (unpaired) electrons. The van der Waals surface area contributed by atoms with Crippen LogP contribution < -0.4 is 9.62 Å². The van der Waals surface area contributed by atoms with Crippen LogP contribution >= 0.6 is 0 Å². The molecule has 3 aromatic rings. The lowest BCUT2D eigenvalue weighted by Crippen LogP contribution is -2.52. The van der Waals surface area contributed by atoms with Crippen molar-refractivity contribution in [1.29, 1.82) is 0 Å². The second kappa shape index (κ2) is 13.8. The summed E-state index contributed by atoms with van der Waals surface area (Å²) in [5, 5.41) is 2.96. The quantitative estimate of drug-likeness (QED) is 0.288. The molecule has 0 fully saturated rings. The van der Waals surface area contributed by atoms with Crippen LogP contribution in [0.25, 0.3) is 0 Å². The summed E-state index contributed by atoms with van der Waals surface area (Å²) < 4.78 is 29.1. The van der Waals surface area contributed by atoms with Gasteiger partial charge in [-0.1, -0.05) is 74.9 Å². The third-order valence-corrected chi connectivity index (χ3v) is 9.29. The van der Waals surface area contributed by atoms with Gasteiger partial charge in [-0.25, -0.2) is 8.42 Å². The molecule has 0 aliphatic heterocycles. The van der Waals surface area contributed by atoms with Crippen molar-refractivity contribution >= 4 is 27.5 Å². The predicted molar refractivity (Wildman–Crippen MR) is 165 cm³/mol. The molecule has 0 saturated carbocycles. The number of carbonyl (C=O) groups is 2. The molecular weight excluding hydrogens is 534 g/mol. The second-order valence-electron chi connectivity index (χ2n) is 11.0. The fourth-order valence-corrected chi connectivity index (χ4v) is 5.82. The van der Waals surface area contributed by atoms with E-state index in [1.165, 1.54) is 4.90 Å². The van der Waals surface area contributed by atoms with E-state index in [0.29, 0.717) is 5.69 Å². The Morgan fingerprint density at radius 1 is 0.854 bits per heavy atom. The monoisotopic (exact) mass is 577 g/mol. The topological polar surface area (TPSA) is 86.8 Å². The van der Waals surface area contributed by atoms with Crippen molar-refractivity contribution in [3.63, 3.8) is 0 Å². The van der Waals surface area contributed by atoms with Crippen LogP contribution in [0.5, 0.6) is 0 Å². The number of amides is 2. The zero-order chi connectivity index (χ0) is 30.3. The zero-order valence-electron chi connectivity index (χ0n) is 25.2. The Labute approximate surface area is 245 Å². The molecule has 3 rings (SSSR count). The van der Waals surface area contributed by atoms with E-state index in [1.807, 2.05) is 64.1 Å². The molecule has 0 aliphatic carbocycles. The predicted octanol–water partition coefficient (Wildman–Crippen LogP) is 5.95. The van der Waals surface area contributed by atoms with E-state index in [9.17, 15) is 18.0 Å². The molecule has 8 heteroatoms. The van der Waals surface area contributed by atoms with Crippen molar-refractivity contribution < 1.29 is 18.0 Å². The van der Waals surface area contributed by atoms with E-state index in [1.54, 1.807) is 43.3 Å². The minimum absolute atomic E-state index is 0.0572. The van der Waals surface area contributed by atoms with Crippen molar-refractivity contribution in [2.24, 2.45) is 0 Å². The Bertz CT molecular complexity index is 1430. The van der Waals surface area contributed by atoms with Gasteiger partial charge < -0.3 is 10.2 Å². The Kier molecular flexibility index (Phi) is 10.7. The molecule has 0 bridgehead atoms. The highest BCUT2D eigenvalue weighted by Crippen LogP contribution is 2.27. The maximum atomic E-state index is 14.1. The van der Waals surface area contributed by atoms with E-state index in [0.717, 1.165) is 33.0 Å². The highest BCUT2D eigenvalue weighted by atomic mass is 32.2. The third kappa shape index (κ3) is 7.97. The lowest BCUT2D eigenvalue weighted by atomic mass is 10.0. The van der Waals surface area contributed by atoms with E-state index < -0.39 is 28.5 Å². The average Bonchev–Trinajstić information content (AvgIpc) is 2.95. The maximum Gasteiger partial charge on any atom is 0.264 e. The first kappa shape index (κ1) is 31.9. The van der Waals surface area contributed by atoms with Gasteiger partial charge in [-0.15, -0.1) is 0 Å². The summed E-state index contributed by atoms with van der Waals surface area (Å²) >= 11 is 0. The zero-order valence-corrected chi connectivity index (χ0v) is 26.0. The summed E-state index contributed by atoms with van der Waals surface area (Å²) in [5.41, 5.74) is 4.24. The van der Waals surface area contributed by atoms with Crippen molar-refractivity contribution in [3.05, 3.63) is 95.1 Å². The van der Waals surface area contributed by atoms with E-state index >= 15 is 0 Å². The molecule has 0 spiro atoms. The number of hydrogen-bond acceptors (Lipinski definition) is 4. The normalized spacial score (nSPS) is 13.0. The van der Waals surface area contributed by atoms with Crippen molar-refractivity contribution in [2.75, 3.05) is 10.8 Å². The molecule has 7 nitrogen and oxygen atoms in total. The maximum absolute atomic E-state index is 14.1. The Morgan fingerprint density at radius 3 is 2.02 bits per heavy atom. The number of benzene rings is 3. The average molecular weight is 578 g/mol. The Hall–Kier alpha value is -3.65. The first-order valence-corrected chi connectivity index (χ1v) is 15.6. The van der Waals surface area contributed by atoms with Gasteiger partial charge in [-0.2, -0.15) is 0 Å². The lowest BCUT2D eigenvalue weighted by molar-refractivity contribution is -0.139. The lowest BCUT2D eigenvalue weighted by Gasteiger charge is -2.33. The van der Waals surface area contributed by atoms with Gasteiger partial charge in [0.2, 0.25) is 11.8 Å². The standard InChI is InChI=1S/C33H43N3O4S/c1-8-26(6)34-33(38)27(7)35(21-29-12-10-9-11-25(29)5)32(37)22-36(30-17-15-28(16-18-30)23(2)3)41(39,40)31-19-13-24(4)14-20-31/h9-20,23,26-27H,8,21-22H2,1-7H3,(H,34,38)/t26-,27+/m0/s1. The molecule has 41 heavy (non-hydrogen) atoms. The van der Waals surface area contributed by atoms with Crippen LogP contribution in [0.3, 0.4) is 0 Å². The number of nitrogens with zero attached hydrogens (tertiary/aromatic N) is 2. The van der Waals surface area contributed by atoms with Gasteiger partial charge in [-0.3, -0.25) is 13.9 Å². The molecule has 2 amide bonds. The molecular formula is C33H43N3O4S. The van der Waals surface area contributed by atoms with Gasteiger partial charge in [0.05, 0.1) is 10.6 Å². The molecule has 0 heterocycles. The van der Waals surface area contributed by atoms with E-state index in [-0.39, 0.29) is 29.3 Å². The molecule has 2 atom stereocenters. The molecule has 220 valence electrons. The number of anilines is 1. The van der Waals surface area contributed by atoms with Crippen molar-refractivity contribution in [3.8, 4) is 0 Å². The smallest absolute Gasteiger partial charge is 0.264 e. The van der Waals surface area contributed by atoms with E-state index in [2.05, 4.69) is 19.2 Å². The van der Waals surface area contributed by atoms with Gasteiger partial charge in [0.25, 0.3) is 10.0 Å². The van der Waals surface area contributed by atoms with Gasteiger partial charge in [0, 0.05) is 12.6 Å². The largest absolute Gasteiger partial charge is 0.352 e. The van der Waals surface area contributed by atoms with Crippen LogP contribution in [-0.4, -0.2) is 43.8 Å². The summed E-state index contributed by atoms with van der Waals surface area (Å²) in [7, 11) is -4.10. The fraction of sp³-hybridized carbons (Fsp3) is 0.394.